The molecule has 0 aliphatic carbocycles. The second-order valence-electron chi connectivity index (χ2n) is 34.5. The van der Waals surface area contributed by atoms with Crippen LogP contribution >= 0.6 is 68.0 Å². The second-order valence-corrected chi connectivity index (χ2v) is 40.8. The van der Waals surface area contributed by atoms with Crippen molar-refractivity contribution in [2.45, 2.75) is 0 Å². The Bertz CT molecular complexity index is 7150. The zero-order valence-corrected chi connectivity index (χ0v) is 83.5. The molecule has 0 atom stereocenters. The van der Waals surface area contributed by atoms with Crippen molar-refractivity contribution in [1.82, 2.24) is 76.7 Å². The van der Waals surface area contributed by atoms with Gasteiger partial charge in [-0.2, -0.15) is 5.10 Å². The van der Waals surface area contributed by atoms with E-state index >= 15 is 0 Å². The number of carbonyl (C=O) groups is 5. The fraction of sp³-hybridized carbons (Fsp3) is 0.185. The van der Waals surface area contributed by atoms with Crippen molar-refractivity contribution < 1.29 is 28.4 Å². The van der Waals surface area contributed by atoms with Crippen LogP contribution in [0.2, 0.25) is 0 Å². The van der Waals surface area contributed by atoms with E-state index in [1.54, 1.807) is 79.6 Å². The molecule has 20 aromatic rings. The quantitative estimate of drug-likeness (QED) is 0.0337. The van der Waals surface area contributed by atoms with Crippen LogP contribution in [0.3, 0.4) is 0 Å². The fourth-order valence-corrected chi connectivity index (χ4v) is 23.6. The first-order valence-corrected chi connectivity index (χ1v) is 52.8. The van der Waals surface area contributed by atoms with Crippen molar-refractivity contribution in [2.75, 3.05) is 182 Å². The Morgan fingerprint density at radius 1 is 0.317 bits per heavy atom. The summed E-state index contributed by atoms with van der Waals surface area (Å²) >= 11 is 9.07. The number of fused-ring (bicyclic) bond motifs is 5. The molecule has 0 radical (unpaired) electrons. The summed E-state index contributed by atoms with van der Waals surface area (Å²) in [7, 11) is 0. The third-order valence-electron chi connectivity index (χ3n) is 25.3. The summed E-state index contributed by atoms with van der Waals surface area (Å²) in [6.45, 7) is 18.5. The summed E-state index contributed by atoms with van der Waals surface area (Å²) in [5, 5.41) is 46.1. The second kappa shape index (κ2) is 45.4. The zero-order valence-electron chi connectivity index (χ0n) is 78.6. The highest BCUT2D eigenvalue weighted by atomic mass is 32.1. The standard InChI is InChI=1S/C22H21N5OS.C22H20N4O2S.C22H20N4OS2.2C21H20N6OS/c28-22(26-18-14-24-8-7-19(18)27-11-9-23-10-12-27)21-6-5-20(29-21)16-13-25-17-4-2-1-3-15(16)17;2*27-22(25-17-13-24-8-7-18(17)26-11-9-23-10-12-26)21-6-5-20(29-21)16-14-28-19-4-2-1-3-15(16)19;28-21(26-16-13-23-8-7-17(16)27-11-9-22-10-12-27)19-6-5-18(29-19)20-24-14-3-1-2-4-15(14)25-20;28-21(24-16-13-23-8-7-17(16)27-11-9-22-10-12-27)19-6-5-18(29-19)20-14-3-1-2-4-15(14)25-26-20/h1-8,13-14,23,25H,9-12H2,(H,26,28);2*1-8,13-14,23H,9-12H2,(H,25,27);1-8,13,22H,9-12H2,(H,24,25)(H,26,28);1-8,13,22H,9-12H2,(H,24,28)(H,25,26). The van der Waals surface area contributed by atoms with Gasteiger partial charge in [-0.05, 0) is 127 Å². The number of hydrogen-bond acceptors (Lipinski definition) is 29. The number of para-hydroxylation sites is 5. The van der Waals surface area contributed by atoms with Gasteiger partial charge in [-0.15, -0.1) is 68.0 Å². The van der Waals surface area contributed by atoms with E-state index < -0.39 is 0 Å². The Balaban J connectivity index is 0.000000107. The van der Waals surface area contributed by atoms with Crippen LogP contribution in [0.5, 0.6) is 0 Å². The molecule has 5 amide bonds. The molecular formula is C108H101N25O6S6. The average molecular weight is 2040 g/mol. The number of pyridine rings is 5. The first-order chi connectivity index (χ1) is 71.4. The molecule has 0 unspecified atom stereocenters. The molecular weight excluding hydrogens is 1940 g/mol. The molecule has 5 fully saturated rings. The Hall–Kier alpha value is -15.5. The maximum absolute atomic E-state index is 12.9. The van der Waals surface area contributed by atoms with Gasteiger partial charge in [0.25, 0.3) is 29.5 Å². The van der Waals surface area contributed by atoms with Crippen LogP contribution in [0.1, 0.15) is 48.4 Å². The molecule has 145 heavy (non-hydrogen) atoms. The molecule has 5 aliphatic heterocycles. The number of carbonyl (C=O) groups excluding carboxylic acids is 5. The number of furan rings is 1. The number of anilines is 10. The largest absolute Gasteiger partial charge is 0.464 e. The van der Waals surface area contributed by atoms with Gasteiger partial charge in [0.1, 0.15) is 23.4 Å². The van der Waals surface area contributed by atoms with Gasteiger partial charge >= 0.3 is 0 Å². The van der Waals surface area contributed by atoms with E-state index in [0.29, 0.717) is 24.4 Å². The number of aromatic nitrogens is 10. The average Bonchev–Trinajstić information content (AvgIpc) is 1.65. The monoisotopic (exact) mass is 2040 g/mol. The maximum atomic E-state index is 12.9. The van der Waals surface area contributed by atoms with E-state index in [1.807, 2.05) is 182 Å². The Morgan fingerprint density at radius 2 is 0.662 bits per heavy atom. The van der Waals surface area contributed by atoms with Crippen molar-refractivity contribution in [2.24, 2.45) is 0 Å². The van der Waals surface area contributed by atoms with Crippen LogP contribution in [0.25, 0.3) is 106 Å². The van der Waals surface area contributed by atoms with Crippen molar-refractivity contribution >= 4 is 208 Å². The lowest BCUT2D eigenvalue weighted by Crippen LogP contribution is -2.43. The number of imidazole rings is 1. The summed E-state index contributed by atoms with van der Waals surface area (Å²) in [5.41, 5.74) is 17.8. The molecule has 0 spiro atoms. The van der Waals surface area contributed by atoms with E-state index in [9.17, 15) is 24.0 Å². The highest BCUT2D eigenvalue weighted by Gasteiger charge is 2.27. The van der Waals surface area contributed by atoms with Gasteiger partial charge in [0.05, 0.1) is 139 Å². The van der Waals surface area contributed by atoms with Crippen LogP contribution in [0.4, 0.5) is 56.9 Å². The number of piperazine rings is 5. The first-order valence-electron chi connectivity index (χ1n) is 47.9. The van der Waals surface area contributed by atoms with E-state index in [1.165, 1.54) is 72.3 Å². The molecule has 730 valence electrons. The lowest BCUT2D eigenvalue weighted by atomic mass is 10.1. The summed E-state index contributed by atoms with van der Waals surface area (Å²) in [6.07, 6.45) is 21.2. The molecule has 15 aromatic heterocycles. The minimum absolute atomic E-state index is 0.0924. The van der Waals surface area contributed by atoms with Crippen LogP contribution in [0.15, 0.2) is 297 Å². The predicted molar refractivity (Wildman–Crippen MR) is 591 cm³/mol. The van der Waals surface area contributed by atoms with Crippen molar-refractivity contribution in [3.63, 3.8) is 0 Å². The van der Waals surface area contributed by atoms with Gasteiger partial charge in [0.15, 0.2) is 0 Å². The Labute approximate surface area is 858 Å². The third kappa shape index (κ3) is 22.3. The Morgan fingerprint density at radius 3 is 1.10 bits per heavy atom. The smallest absolute Gasteiger partial charge is 0.265 e. The SMILES string of the molecule is O=C(Nc1cnccc1N1CCNCC1)c1ccc(-c2c[nH]c3ccccc23)s1.O=C(Nc1cnccc1N1CCNCC1)c1ccc(-c2coc3ccccc23)s1.O=C(Nc1cnccc1N1CCNCC1)c1ccc(-c2csc3ccccc23)s1.O=C(Nc1cnccc1N1CCNCC1)c1ccc(-c2n[nH]c3ccccc23)s1.O=C(Nc1cnccc1N1CCNCC1)c1ccc(-c2nc3ccccc3[nH]2)s1. The summed E-state index contributed by atoms with van der Waals surface area (Å²) < 4.78 is 6.90. The molecule has 13 N–H and O–H groups in total. The third-order valence-corrected chi connectivity index (χ3v) is 31.8. The summed E-state index contributed by atoms with van der Waals surface area (Å²) in [4.78, 5) is 117. The molecule has 37 heteroatoms. The predicted octanol–water partition coefficient (Wildman–Crippen LogP) is 19.6. The fourth-order valence-electron chi connectivity index (χ4n) is 18.1. The van der Waals surface area contributed by atoms with Crippen LogP contribution < -0.4 is 77.7 Å². The van der Waals surface area contributed by atoms with Crippen LogP contribution in [-0.2, 0) is 0 Å². The number of rotatable bonds is 20. The first kappa shape index (κ1) is 95.7. The highest BCUT2D eigenvalue weighted by Crippen LogP contribution is 2.43. The molecule has 0 bridgehead atoms. The van der Waals surface area contributed by atoms with Gasteiger partial charge in [-0.3, -0.25) is 54.0 Å². The number of nitrogens with one attached hydrogen (secondary N) is 13. The van der Waals surface area contributed by atoms with Gasteiger partial charge in [0, 0.05) is 237 Å². The number of benzene rings is 5. The van der Waals surface area contributed by atoms with Crippen molar-refractivity contribution in [3.8, 4) is 52.6 Å². The number of hydrogen-bond donors (Lipinski definition) is 13. The lowest BCUT2D eigenvalue weighted by molar-refractivity contribution is 0.102. The van der Waals surface area contributed by atoms with Crippen molar-refractivity contribution in [1.29, 1.82) is 0 Å². The topological polar surface area (TPSA) is 373 Å². The number of thiophene rings is 6. The lowest BCUT2D eigenvalue weighted by Gasteiger charge is -2.30. The summed E-state index contributed by atoms with van der Waals surface area (Å²) in [6, 6.07) is 69.4. The molecule has 5 saturated heterocycles. The number of aromatic amines is 3. The molecule has 5 aliphatic rings. The number of nitrogens with zero attached hydrogens (tertiary/aromatic N) is 12. The minimum Gasteiger partial charge on any atom is -0.464 e. The van der Waals surface area contributed by atoms with Crippen LogP contribution in [-0.4, -0.2) is 211 Å². The van der Waals surface area contributed by atoms with Gasteiger partial charge in [-0.1, -0.05) is 84.9 Å². The normalized spacial score (nSPS) is 14.3. The van der Waals surface area contributed by atoms with E-state index in [2.05, 4.69) is 170 Å². The van der Waals surface area contributed by atoms with E-state index in [4.69, 9.17) is 4.42 Å². The molecule has 25 rings (SSSR count). The van der Waals surface area contributed by atoms with Gasteiger partial charge in [-0.25, -0.2) is 4.98 Å². The Kier molecular flexibility index (Phi) is 29.9. The maximum Gasteiger partial charge on any atom is 0.265 e. The number of amides is 5. The van der Waals surface area contributed by atoms with Crippen molar-refractivity contribution in [3.05, 3.63) is 317 Å². The summed E-state index contributed by atoms with van der Waals surface area (Å²) in [5.74, 6) is 0.180. The zero-order chi connectivity index (χ0) is 98.2. The molecule has 31 nitrogen and oxygen atoms in total. The molecule has 20 heterocycles. The van der Waals surface area contributed by atoms with Crippen LogP contribution in [0, 0.1) is 0 Å². The van der Waals surface area contributed by atoms with Gasteiger partial charge in [0.2, 0.25) is 0 Å². The van der Waals surface area contributed by atoms with Gasteiger partial charge < -0.3 is 92.1 Å². The van der Waals surface area contributed by atoms with E-state index in [-0.39, 0.29) is 29.5 Å². The molecule has 0 saturated carbocycles. The molecule has 5 aromatic carbocycles. The minimum atomic E-state index is -0.137. The number of H-pyrrole nitrogens is 3. The highest BCUT2D eigenvalue weighted by molar-refractivity contribution is 7.20. The van der Waals surface area contributed by atoms with E-state index in [0.717, 1.165) is 279 Å².